The molecule has 6 atom stereocenters. The van der Waals surface area contributed by atoms with Crippen LogP contribution in [0.4, 0.5) is 0 Å². The summed E-state index contributed by atoms with van der Waals surface area (Å²) in [5, 5.41) is 0. The van der Waals surface area contributed by atoms with Crippen molar-refractivity contribution in [2.75, 3.05) is 6.54 Å². The summed E-state index contributed by atoms with van der Waals surface area (Å²) >= 11 is 0. The topological polar surface area (TPSA) is 26.0 Å². The van der Waals surface area contributed by atoms with Crippen LogP contribution in [-0.2, 0) is 0 Å². The molecule has 0 aromatic carbocycles. The van der Waals surface area contributed by atoms with Gasteiger partial charge in [0.05, 0.1) is 0 Å². The molecule has 74 valence electrons. The van der Waals surface area contributed by atoms with Crippen molar-refractivity contribution in [3.05, 3.63) is 0 Å². The molecule has 3 aliphatic carbocycles. The van der Waals surface area contributed by atoms with Gasteiger partial charge in [-0.1, -0.05) is 6.92 Å². The van der Waals surface area contributed by atoms with Crippen molar-refractivity contribution >= 4 is 0 Å². The van der Waals surface area contributed by atoms with Gasteiger partial charge >= 0.3 is 0 Å². The van der Waals surface area contributed by atoms with Crippen LogP contribution in [0.5, 0.6) is 0 Å². The third-order valence-electron chi connectivity index (χ3n) is 5.43. The second-order valence-electron chi connectivity index (χ2n) is 5.58. The van der Waals surface area contributed by atoms with Crippen molar-refractivity contribution in [2.45, 2.75) is 32.6 Å². The van der Waals surface area contributed by atoms with E-state index in [-0.39, 0.29) is 0 Å². The summed E-state index contributed by atoms with van der Waals surface area (Å²) in [7, 11) is 0. The van der Waals surface area contributed by atoms with E-state index in [0.717, 1.165) is 42.1 Å². The van der Waals surface area contributed by atoms with Gasteiger partial charge in [0.2, 0.25) is 0 Å². The summed E-state index contributed by atoms with van der Waals surface area (Å²) in [6.45, 7) is 3.43. The molecule has 13 heavy (non-hydrogen) atoms. The third kappa shape index (κ3) is 0.918. The fourth-order valence-electron chi connectivity index (χ4n) is 4.31. The van der Waals surface area contributed by atoms with Gasteiger partial charge in [0.1, 0.15) is 0 Å². The Hall–Kier alpha value is -0.0400. The minimum Gasteiger partial charge on any atom is -0.330 e. The van der Waals surface area contributed by atoms with Gasteiger partial charge in [0, 0.05) is 0 Å². The molecule has 0 radical (unpaired) electrons. The first-order valence-electron chi connectivity index (χ1n) is 6.03. The molecule has 0 heterocycles. The van der Waals surface area contributed by atoms with E-state index in [0.29, 0.717) is 0 Å². The Morgan fingerprint density at radius 3 is 2.08 bits per heavy atom. The Labute approximate surface area is 81.1 Å². The van der Waals surface area contributed by atoms with Gasteiger partial charge in [-0.05, 0) is 67.7 Å². The van der Waals surface area contributed by atoms with Crippen LogP contribution in [-0.4, -0.2) is 6.54 Å². The molecule has 1 nitrogen and oxygen atoms in total. The Morgan fingerprint density at radius 1 is 1.00 bits per heavy atom. The molecule has 1 heteroatoms. The SMILES string of the molecule is CC1C2CCC2C1C1CCC1CN. The normalized spacial score (nSPS) is 58.6. The third-order valence-corrected chi connectivity index (χ3v) is 5.43. The van der Waals surface area contributed by atoms with Crippen LogP contribution < -0.4 is 5.73 Å². The van der Waals surface area contributed by atoms with E-state index < -0.39 is 0 Å². The standard InChI is InChI=1S/C12H21N/c1-7-9-4-5-11(9)12(7)10-3-2-8(10)6-13/h7-12H,2-6,13H2,1H3. The molecule has 0 saturated heterocycles. The molecule has 6 unspecified atom stereocenters. The van der Waals surface area contributed by atoms with Gasteiger partial charge in [0.25, 0.3) is 0 Å². The predicted molar refractivity (Wildman–Crippen MR) is 54.1 cm³/mol. The molecule has 3 saturated carbocycles. The van der Waals surface area contributed by atoms with Gasteiger partial charge in [-0.2, -0.15) is 0 Å². The van der Waals surface area contributed by atoms with Crippen molar-refractivity contribution < 1.29 is 0 Å². The highest BCUT2D eigenvalue weighted by molar-refractivity contribution is 5.06. The maximum absolute atomic E-state index is 5.78. The number of hydrogen-bond donors (Lipinski definition) is 1. The van der Waals surface area contributed by atoms with Crippen molar-refractivity contribution in [3.63, 3.8) is 0 Å². The van der Waals surface area contributed by atoms with Crippen LogP contribution in [0.25, 0.3) is 0 Å². The largest absolute Gasteiger partial charge is 0.330 e. The quantitative estimate of drug-likeness (QED) is 0.691. The average Bonchev–Trinajstić information content (AvgIpc) is 2.00. The van der Waals surface area contributed by atoms with Gasteiger partial charge < -0.3 is 5.73 Å². The zero-order valence-electron chi connectivity index (χ0n) is 8.58. The molecule has 3 rings (SSSR count). The molecular formula is C12H21N. The van der Waals surface area contributed by atoms with Crippen LogP contribution in [0.1, 0.15) is 32.6 Å². The summed E-state index contributed by atoms with van der Waals surface area (Å²) in [4.78, 5) is 0. The number of hydrogen-bond acceptors (Lipinski definition) is 1. The highest BCUT2D eigenvalue weighted by Gasteiger charge is 2.57. The van der Waals surface area contributed by atoms with E-state index in [1.54, 1.807) is 0 Å². The maximum Gasteiger partial charge on any atom is -0.00461 e. The molecule has 0 bridgehead atoms. The van der Waals surface area contributed by atoms with E-state index in [4.69, 9.17) is 5.73 Å². The van der Waals surface area contributed by atoms with Crippen LogP contribution in [0.3, 0.4) is 0 Å². The van der Waals surface area contributed by atoms with Gasteiger partial charge in [-0.25, -0.2) is 0 Å². The highest BCUT2D eigenvalue weighted by atomic mass is 14.7. The second-order valence-corrected chi connectivity index (χ2v) is 5.58. The van der Waals surface area contributed by atoms with E-state index >= 15 is 0 Å². The summed E-state index contributed by atoms with van der Waals surface area (Å²) in [6, 6.07) is 0. The molecule has 0 aromatic rings. The predicted octanol–water partition coefficient (Wildman–Crippen LogP) is 2.26. The Balaban J connectivity index is 1.66. The summed E-state index contributed by atoms with van der Waals surface area (Å²) in [5.74, 6) is 6.31. The van der Waals surface area contributed by atoms with E-state index in [2.05, 4.69) is 6.92 Å². The van der Waals surface area contributed by atoms with Crippen molar-refractivity contribution in [2.24, 2.45) is 41.2 Å². The fourth-order valence-corrected chi connectivity index (χ4v) is 4.31. The van der Waals surface area contributed by atoms with Gasteiger partial charge in [0.15, 0.2) is 0 Å². The van der Waals surface area contributed by atoms with Crippen molar-refractivity contribution in [1.82, 2.24) is 0 Å². The molecule has 0 aromatic heterocycles. The molecule has 0 spiro atoms. The first kappa shape index (κ1) is 8.28. The molecular weight excluding hydrogens is 158 g/mol. The van der Waals surface area contributed by atoms with E-state index in [9.17, 15) is 0 Å². The van der Waals surface area contributed by atoms with Crippen molar-refractivity contribution in [1.29, 1.82) is 0 Å². The lowest BCUT2D eigenvalue weighted by molar-refractivity contribution is -0.150. The maximum atomic E-state index is 5.78. The minimum absolute atomic E-state index is 0.897. The van der Waals surface area contributed by atoms with Crippen LogP contribution in [0.15, 0.2) is 0 Å². The Morgan fingerprint density at radius 2 is 1.69 bits per heavy atom. The lowest BCUT2D eigenvalue weighted by atomic mass is 9.41. The first-order chi connectivity index (χ1) is 6.33. The summed E-state index contributed by atoms with van der Waals surface area (Å²) in [5.41, 5.74) is 5.78. The van der Waals surface area contributed by atoms with Gasteiger partial charge in [-0.15, -0.1) is 0 Å². The van der Waals surface area contributed by atoms with E-state index in [1.165, 1.54) is 25.7 Å². The zero-order chi connectivity index (χ0) is 9.00. The zero-order valence-corrected chi connectivity index (χ0v) is 8.58. The number of nitrogens with two attached hydrogens (primary N) is 1. The van der Waals surface area contributed by atoms with Crippen molar-refractivity contribution in [3.8, 4) is 0 Å². The molecule has 3 fully saturated rings. The molecule has 0 amide bonds. The molecule has 0 aliphatic heterocycles. The van der Waals surface area contributed by atoms with Crippen LogP contribution in [0.2, 0.25) is 0 Å². The Bertz CT molecular complexity index is 205. The first-order valence-corrected chi connectivity index (χ1v) is 6.03. The van der Waals surface area contributed by atoms with Gasteiger partial charge in [-0.3, -0.25) is 0 Å². The molecule has 2 N–H and O–H groups in total. The van der Waals surface area contributed by atoms with Crippen LogP contribution >= 0.6 is 0 Å². The number of fused-ring (bicyclic) bond motifs is 1. The lowest BCUT2D eigenvalue weighted by Gasteiger charge is -2.64. The highest BCUT2D eigenvalue weighted by Crippen LogP contribution is 2.64. The average molecular weight is 179 g/mol. The fraction of sp³-hybridized carbons (Fsp3) is 1.00. The second kappa shape index (κ2) is 2.73. The monoisotopic (exact) mass is 179 g/mol. The smallest absolute Gasteiger partial charge is 0.00461 e. The Kier molecular flexibility index (Phi) is 1.74. The summed E-state index contributed by atoms with van der Waals surface area (Å²) < 4.78 is 0. The molecule has 3 aliphatic rings. The summed E-state index contributed by atoms with van der Waals surface area (Å²) in [6.07, 6.45) is 5.97. The van der Waals surface area contributed by atoms with Crippen LogP contribution in [0, 0.1) is 35.5 Å². The van der Waals surface area contributed by atoms with E-state index in [1.807, 2.05) is 0 Å². The number of rotatable bonds is 2. The lowest BCUT2D eigenvalue weighted by Crippen LogP contribution is -2.58. The minimum atomic E-state index is 0.897.